The van der Waals surface area contributed by atoms with Crippen LogP contribution < -0.4 is 5.32 Å². The van der Waals surface area contributed by atoms with E-state index < -0.39 is 0 Å². The van der Waals surface area contributed by atoms with E-state index in [9.17, 15) is 0 Å². The van der Waals surface area contributed by atoms with Crippen molar-refractivity contribution in [2.45, 2.75) is 32.7 Å². The van der Waals surface area contributed by atoms with Gasteiger partial charge in [0.2, 0.25) is 0 Å². The van der Waals surface area contributed by atoms with Gasteiger partial charge in [-0.25, -0.2) is 0 Å². The van der Waals surface area contributed by atoms with Crippen molar-refractivity contribution in [3.8, 4) is 0 Å². The fourth-order valence-corrected chi connectivity index (χ4v) is 1.98. The molecule has 0 aliphatic rings. The van der Waals surface area contributed by atoms with Crippen molar-refractivity contribution in [1.29, 1.82) is 0 Å². The van der Waals surface area contributed by atoms with Gasteiger partial charge in [-0.2, -0.15) is 0 Å². The van der Waals surface area contributed by atoms with Crippen LogP contribution in [-0.4, -0.2) is 37.1 Å². The van der Waals surface area contributed by atoms with Gasteiger partial charge in [0.25, 0.3) is 0 Å². The first kappa shape index (κ1) is 15.5. The zero-order chi connectivity index (χ0) is 13.6. The third-order valence-corrected chi connectivity index (χ3v) is 3.24. The quantitative estimate of drug-likeness (QED) is 0.852. The Kier molecular flexibility index (Phi) is 6.13. The van der Waals surface area contributed by atoms with Crippen LogP contribution in [0.4, 0.5) is 0 Å². The summed E-state index contributed by atoms with van der Waals surface area (Å²) in [6, 6.07) is 8.08. The highest BCUT2D eigenvalue weighted by atomic mass is 35.5. The van der Waals surface area contributed by atoms with Crippen molar-refractivity contribution >= 4 is 11.6 Å². The summed E-state index contributed by atoms with van der Waals surface area (Å²) in [7, 11) is 2.15. The molecule has 1 aromatic carbocycles. The van der Waals surface area contributed by atoms with Crippen LogP contribution in [0.3, 0.4) is 0 Å². The largest absolute Gasteiger partial charge is 0.311 e. The summed E-state index contributed by atoms with van der Waals surface area (Å²) in [4.78, 5) is 2.34. The van der Waals surface area contributed by atoms with Gasteiger partial charge in [0, 0.05) is 30.2 Å². The normalized spacial score (nSPS) is 12.1. The summed E-state index contributed by atoms with van der Waals surface area (Å²) in [6.45, 7) is 9.68. The molecule has 0 aliphatic heterocycles. The zero-order valence-corrected chi connectivity index (χ0v) is 12.7. The zero-order valence-electron chi connectivity index (χ0n) is 12.0. The smallest absolute Gasteiger partial charge is 0.0438 e. The van der Waals surface area contributed by atoms with Gasteiger partial charge in [0.05, 0.1) is 0 Å². The van der Waals surface area contributed by atoms with E-state index in [1.165, 1.54) is 5.56 Å². The Morgan fingerprint density at radius 3 is 2.44 bits per heavy atom. The maximum Gasteiger partial charge on any atom is 0.0438 e. The Balaban J connectivity index is 2.25. The van der Waals surface area contributed by atoms with E-state index in [4.69, 9.17) is 11.6 Å². The molecule has 1 rings (SSSR count). The first-order valence-electron chi connectivity index (χ1n) is 6.55. The topological polar surface area (TPSA) is 15.3 Å². The molecule has 1 N–H and O–H groups in total. The van der Waals surface area contributed by atoms with Crippen molar-refractivity contribution in [1.82, 2.24) is 10.2 Å². The van der Waals surface area contributed by atoms with E-state index in [0.717, 1.165) is 31.1 Å². The molecule has 2 nitrogen and oxygen atoms in total. The molecule has 0 fully saturated rings. The number of likely N-dealkylation sites (N-methyl/N-ethyl adjacent to an activating group) is 1. The Bertz CT molecular complexity index is 358. The average Bonchev–Trinajstić information content (AvgIpc) is 2.26. The van der Waals surface area contributed by atoms with E-state index in [0.29, 0.717) is 0 Å². The summed E-state index contributed by atoms with van der Waals surface area (Å²) in [5, 5.41) is 4.37. The van der Waals surface area contributed by atoms with Crippen LogP contribution in [0, 0.1) is 0 Å². The maximum absolute atomic E-state index is 6.14. The lowest BCUT2D eigenvalue weighted by atomic mass is 10.1. The minimum Gasteiger partial charge on any atom is -0.311 e. The third-order valence-electron chi connectivity index (χ3n) is 2.87. The number of rotatable bonds is 6. The molecule has 18 heavy (non-hydrogen) atoms. The molecule has 102 valence electrons. The fourth-order valence-electron chi connectivity index (χ4n) is 1.75. The van der Waals surface area contributed by atoms with Crippen LogP contribution in [0.15, 0.2) is 24.3 Å². The van der Waals surface area contributed by atoms with Crippen LogP contribution in [0.5, 0.6) is 0 Å². The number of hydrogen-bond acceptors (Lipinski definition) is 2. The molecule has 0 amide bonds. The summed E-state index contributed by atoms with van der Waals surface area (Å²) in [5.74, 6) is 0. The van der Waals surface area contributed by atoms with Gasteiger partial charge in [0.1, 0.15) is 0 Å². The molecular formula is C15H25ClN2. The molecule has 0 aromatic heterocycles. The van der Waals surface area contributed by atoms with Crippen molar-refractivity contribution in [3.63, 3.8) is 0 Å². The lowest BCUT2D eigenvalue weighted by Crippen LogP contribution is -2.40. The van der Waals surface area contributed by atoms with Crippen molar-refractivity contribution in [3.05, 3.63) is 34.9 Å². The minimum absolute atomic E-state index is 0.198. The lowest BCUT2D eigenvalue weighted by Gasteiger charge is -2.23. The number of nitrogens with one attached hydrogen (secondary N) is 1. The van der Waals surface area contributed by atoms with E-state index in [1.54, 1.807) is 0 Å². The first-order chi connectivity index (χ1) is 8.38. The van der Waals surface area contributed by atoms with Gasteiger partial charge in [-0.3, -0.25) is 0 Å². The molecule has 0 aliphatic carbocycles. The molecule has 0 unspecified atom stereocenters. The summed E-state index contributed by atoms with van der Waals surface area (Å²) >= 11 is 6.14. The van der Waals surface area contributed by atoms with Gasteiger partial charge in [0.15, 0.2) is 0 Å². The Morgan fingerprint density at radius 1 is 1.17 bits per heavy atom. The number of nitrogens with zero attached hydrogens (tertiary/aromatic N) is 1. The number of halogens is 1. The first-order valence-corrected chi connectivity index (χ1v) is 6.93. The predicted octanol–water partition coefficient (Wildman–Crippen LogP) is 3.20. The molecule has 0 saturated carbocycles. The van der Waals surface area contributed by atoms with Gasteiger partial charge in [-0.05, 0) is 45.9 Å². The van der Waals surface area contributed by atoms with Crippen LogP contribution in [0.25, 0.3) is 0 Å². The van der Waals surface area contributed by atoms with E-state index >= 15 is 0 Å². The Labute approximate surface area is 116 Å². The average molecular weight is 269 g/mol. The number of benzene rings is 1. The monoisotopic (exact) mass is 268 g/mol. The highest BCUT2D eigenvalue weighted by Gasteiger charge is 2.08. The van der Waals surface area contributed by atoms with Crippen molar-refractivity contribution in [2.75, 3.05) is 26.7 Å². The molecule has 0 atom stereocenters. The van der Waals surface area contributed by atoms with Gasteiger partial charge in [-0.1, -0.05) is 29.8 Å². The Morgan fingerprint density at radius 2 is 1.83 bits per heavy atom. The summed E-state index contributed by atoms with van der Waals surface area (Å²) in [5.41, 5.74) is 1.43. The number of hydrogen-bond donors (Lipinski definition) is 1. The van der Waals surface area contributed by atoms with Gasteiger partial charge < -0.3 is 10.2 Å². The molecule has 0 radical (unpaired) electrons. The van der Waals surface area contributed by atoms with Crippen molar-refractivity contribution < 1.29 is 0 Å². The molecule has 0 heterocycles. The summed E-state index contributed by atoms with van der Waals surface area (Å²) in [6.07, 6.45) is 1.01. The summed E-state index contributed by atoms with van der Waals surface area (Å²) < 4.78 is 0. The van der Waals surface area contributed by atoms with Crippen LogP contribution in [0.2, 0.25) is 5.02 Å². The molecule has 3 heteroatoms. The SMILES string of the molecule is CN(CCNC(C)(C)C)CCc1ccccc1Cl. The lowest BCUT2D eigenvalue weighted by molar-refractivity contribution is 0.312. The molecular weight excluding hydrogens is 244 g/mol. The minimum atomic E-state index is 0.198. The second-order valence-corrected chi connectivity index (χ2v) is 6.23. The predicted molar refractivity (Wildman–Crippen MR) is 80.4 cm³/mol. The fraction of sp³-hybridized carbons (Fsp3) is 0.600. The highest BCUT2D eigenvalue weighted by Crippen LogP contribution is 2.15. The van der Waals surface area contributed by atoms with Crippen molar-refractivity contribution in [2.24, 2.45) is 0 Å². The van der Waals surface area contributed by atoms with Crippen LogP contribution >= 0.6 is 11.6 Å². The Hall–Kier alpha value is -0.570. The van der Waals surface area contributed by atoms with E-state index in [2.05, 4.69) is 44.1 Å². The second kappa shape index (κ2) is 7.13. The molecule has 1 aromatic rings. The standard InChI is InChI=1S/C15H25ClN2/c1-15(2,3)17-10-12-18(4)11-9-13-7-5-6-8-14(13)16/h5-8,17H,9-12H2,1-4H3. The maximum atomic E-state index is 6.14. The van der Waals surface area contributed by atoms with E-state index in [-0.39, 0.29) is 5.54 Å². The molecule has 0 bridgehead atoms. The van der Waals surface area contributed by atoms with Crippen LogP contribution in [-0.2, 0) is 6.42 Å². The van der Waals surface area contributed by atoms with Crippen LogP contribution in [0.1, 0.15) is 26.3 Å². The molecule has 0 saturated heterocycles. The van der Waals surface area contributed by atoms with E-state index in [1.807, 2.05) is 18.2 Å². The highest BCUT2D eigenvalue weighted by molar-refractivity contribution is 6.31. The van der Waals surface area contributed by atoms with Gasteiger partial charge >= 0.3 is 0 Å². The third kappa shape index (κ3) is 6.39. The second-order valence-electron chi connectivity index (χ2n) is 5.82. The van der Waals surface area contributed by atoms with Gasteiger partial charge in [-0.15, -0.1) is 0 Å². The molecule has 0 spiro atoms.